The van der Waals surface area contributed by atoms with E-state index >= 15 is 0 Å². The average Bonchev–Trinajstić information content (AvgIpc) is 2.59. The van der Waals surface area contributed by atoms with Crippen LogP contribution >= 0.6 is 11.3 Å². The summed E-state index contributed by atoms with van der Waals surface area (Å²) in [7, 11) is 1.63. The van der Waals surface area contributed by atoms with Crippen molar-refractivity contribution in [1.29, 1.82) is 0 Å². The summed E-state index contributed by atoms with van der Waals surface area (Å²) >= 11 is 1.47. The van der Waals surface area contributed by atoms with Crippen LogP contribution in [0.5, 0.6) is 0 Å². The van der Waals surface area contributed by atoms with Crippen LogP contribution in [0, 0.1) is 0 Å². The van der Waals surface area contributed by atoms with Crippen LogP contribution in [0.4, 0.5) is 5.69 Å². The van der Waals surface area contributed by atoms with Gasteiger partial charge in [-0.05, 0) is 29.7 Å². The van der Waals surface area contributed by atoms with Gasteiger partial charge in [-0.2, -0.15) is 0 Å². The van der Waals surface area contributed by atoms with Crippen LogP contribution in [-0.4, -0.2) is 13.0 Å². The molecular weight excluding hydrogens is 196 g/mol. The number of rotatable bonds is 1. The highest BCUT2D eigenvalue weighted by Gasteiger charge is 2.07. The Morgan fingerprint density at radius 1 is 1.43 bits per heavy atom. The van der Waals surface area contributed by atoms with E-state index in [-0.39, 0.29) is 5.91 Å². The zero-order valence-corrected chi connectivity index (χ0v) is 8.52. The first-order valence-corrected chi connectivity index (χ1v) is 5.03. The first-order valence-electron chi connectivity index (χ1n) is 4.22. The maximum atomic E-state index is 11.3. The first-order chi connectivity index (χ1) is 6.70. The summed E-state index contributed by atoms with van der Waals surface area (Å²) in [5.74, 6) is -0.0511. The van der Waals surface area contributed by atoms with E-state index in [0.29, 0.717) is 4.88 Å². The zero-order valence-electron chi connectivity index (χ0n) is 7.70. The van der Waals surface area contributed by atoms with E-state index in [1.807, 2.05) is 24.3 Å². The Morgan fingerprint density at radius 3 is 2.93 bits per heavy atom. The number of anilines is 1. The third-order valence-electron chi connectivity index (χ3n) is 1.99. The number of thiophene rings is 1. The molecule has 14 heavy (non-hydrogen) atoms. The predicted molar refractivity (Wildman–Crippen MR) is 59.6 cm³/mol. The van der Waals surface area contributed by atoms with Crippen LogP contribution in [0.2, 0.25) is 0 Å². The number of nitrogens with two attached hydrogens (primary N) is 1. The molecule has 4 heteroatoms. The summed E-state index contributed by atoms with van der Waals surface area (Å²) in [6.07, 6.45) is 0. The lowest BCUT2D eigenvalue weighted by Gasteiger charge is -1.90. The molecule has 1 aromatic heterocycles. The summed E-state index contributed by atoms with van der Waals surface area (Å²) in [4.78, 5) is 12.1. The molecule has 1 aromatic carbocycles. The molecule has 0 bridgehead atoms. The maximum absolute atomic E-state index is 11.3. The van der Waals surface area contributed by atoms with Crippen molar-refractivity contribution in [3.05, 3.63) is 29.1 Å². The van der Waals surface area contributed by atoms with Crippen LogP contribution < -0.4 is 11.1 Å². The van der Waals surface area contributed by atoms with E-state index in [0.717, 1.165) is 15.8 Å². The number of nitrogen functional groups attached to an aromatic ring is 1. The highest BCUT2D eigenvalue weighted by atomic mass is 32.1. The summed E-state index contributed by atoms with van der Waals surface area (Å²) in [6, 6.07) is 7.50. The minimum Gasteiger partial charge on any atom is -0.399 e. The quantitative estimate of drug-likeness (QED) is 0.699. The highest BCUT2D eigenvalue weighted by molar-refractivity contribution is 7.20. The van der Waals surface area contributed by atoms with E-state index in [4.69, 9.17) is 5.73 Å². The molecule has 0 aliphatic carbocycles. The topological polar surface area (TPSA) is 55.1 Å². The van der Waals surface area contributed by atoms with Crippen molar-refractivity contribution in [3.8, 4) is 0 Å². The lowest BCUT2D eigenvalue weighted by molar-refractivity contribution is 0.0967. The fourth-order valence-corrected chi connectivity index (χ4v) is 2.29. The summed E-state index contributed by atoms with van der Waals surface area (Å²) in [5, 5.41) is 3.62. The normalized spacial score (nSPS) is 10.4. The Hall–Kier alpha value is -1.55. The third-order valence-corrected chi connectivity index (χ3v) is 3.11. The summed E-state index contributed by atoms with van der Waals surface area (Å²) in [6.45, 7) is 0. The molecule has 3 nitrogen and oxygen atoms in total. The second kappa shape index (κ2) is 3.31. The van der Waals surface area contributed by atoms with E-state index in [9.17, 15) is 4.79 Å². The van der Waals surface area contributed by atoms with Gasteiger partial charge < -0.3 is 11.1 Å². The molecule has 1 heterocycles. The van der Waals surface area contributed by atoms with Crippen molar-refractivity contribution < 1.29 is 4.79 Å². The number of benzene rings is 1. The number of carbonyl (C=O) groups excluding carboxylic acids is 1. The number of fused-ring (bicyclic) bond motifs is 1. The zero-order chi connectivity index (χ0) is 10.1. The third kappa shape index (κ3) is 1.44. The molecule has 0 unspecified atom stereocenters. The van der Waals surface area contributed by atoms with E-state index < -0.39 is 0 Å². The molecule has 0 saturated heterocycles. The molecule has 3 N–H and O–H groups in total. The van der Waals surface area contributed by atoms with Gasteiger partial charge in [0.2, 0.25) is 0 Å². The van der Waals surface area contributed by atoms with Crippen molar-refractivity contribution >= 4 is 33.0 Å². The molecule has 0 aliphatic rings. The molecule has 2 rings (SSSR count). The monoisotopic (exact) mass is 206 g/mol. The summed E-state index contributed by atoms with van der Waals surface area (Å²) < 4.78 is 1.08. The maximum Gasteiger partial charge on any atom is 0.261 e. The van der Waals surface area contributed by atoms with Gasteiger partial charge in [0.15, 0.2) is 0 Å². The van der Waals surface area contributed by atoms with Gasteiger partial charge in [-0.15, -0.1) is 11.3 Å². The number of amides is 1. The molecule has 0 saturated carbocycles. The fourth-order valence-electron chi connectivity index (χ4n) is 1.30. The van der Waals surface area contributed by atoms with Gasteiger partial charge in [-0.25, -0.2) is 0 Å². The Morgan fingerprint density at radius 2 is 2.21 bits per heavy atom. The van der Waals surface area contributed by atoms with Gasteiger partial charge in [0.25, 0.3) is 5.91 Å². The Kier molecular flexibility index (Phi) is 2.13. The highest BCUT2D eigenvalue weighted by Crippen LogP contribution is 2.26. The second-order valence-corrected chi connectivity index (χ2v) is 4.07. The fraction of sp³-hybridized carbons (Fsp3) is 0.100. The van der Waals surface area contributed by atoms with Gasteiger partial charge >= 0.3 is 0 Å². The van der Waals surface area contributed by atoms with Gasteiger partial charge in [-0.1, -0.05) is 0 Å². The van der Waals surface area contributed by atoms with Crippen LogP contribution in [0.15, 0.2) is 24.3 Å². The molecule has 0 fully saturated rings. The lowest BCUT2D eigenvalue weighted by Crippen LogP contribution is -2.15. The van der Waals surface area contributed by atoms with Crippen LogP contribution in [0.3, 0.4) is 0 Å². The van der Waals surface area contributed by atoms with E-state index in [2.05, 4.69) is 5.32 Å². The molecule has 0 aliphatic heterocycles. The second-order valence-electron chi connectivity index (χ2n) is 2.99. The molecule has 2 aromatic rings. The van der Waals surface area contributed by atoms with Crippen LogP contribution in [-0.2, 0) is 0 Å². The average molecular weight is 206 g/mol. The van der Waals surface area contributed by atoms with Gasteiger partial charge in [0.1, 0.15) is 0 Å². The number of hydrogen-bond donors (Lipinski definition) is 2. The molecule has 0 radical (unpaired) electrons. The Labute approximate surface area is 85.5 Å². The largest absolute Gasteiger partial charge is 0.399 e. The van der Waals surface area contributed by atoms with Crippen molar-refractivity contribution in [1.82, 2.24) is 5.32 Å². The molecule has 72 valence electrons. The Balaban J connectivity index is 2.56. The predicted octanol–water partition coefficient (Wildman–Crippen LogP) is 1.84. The number of carbonyl (C=O) groups is 1. The van der Waals surface area contributed by atoms with Crippen LogP contribution in [0.25, 0.3) is 10.1 Å². The van der Waals surface area contributed by atoms with Crippen molar-refractivity contribution in [2.24, 2.45) is 0 Å². The van der Waals surface area contributed by atoms with Crippen molar-refractivity contribution in [2.45, 2.75) is 0 Å². The standard InChI is InChI=1S/C10H10N2OS/c1-12-10(13)9-5-6-4-7(11)2-3-8(6)14-9/h2-5H,11H2,1H3,(H,12,13). The van der Waals surface area contributed by atoms with Crippen LogP contribution in [0.1, 0.15) is 9.67 Å². The Bertz CT molecular complexity index is 490. The van der Waals surface area contributed by atoms with E-state index in [1.54, 1.807) is 7.05 Å². The number of nitrogens with one attached hydrogen (secondary N) is 1. The first kappa shape index (κ1) is 9.02. The molecule has 0 spiro atoms. The van der Waals surface area contributed by atoms with Crippen molar-refractivity contribution in [2.75, 3.05) is 12.8 Å². The molecule has 1 amide bonds. The van der Waals surface area contributed by atoms with Gasteiger partial charge in [0.05, 0.1) is 4.88 Å². The van der Waals surface area contributed by atoms with Crippen molar-refractivity contribution in [3.63, 3.8) is 0 Å². The number of hydrogen-bond acceptors (Lipinski definition) is 3. The molecule has 0 atom stereocenters. The van der Waals surface area contributed by atoms with Gasteiger partial charge in [-0.3, -0.25) is 4.79 Å². The van der Waals surface area contributed by atoms with Gasteiger partial charge in [0, 0.05) is 17.4 Å². The SMILES string of the molecule is CNC(=O)c1cc2cc(N)ccc2s1. The minimum atomic E-state index is -0.0511. The lowest BCUT2D eigenvalue weighted by atomic mass is 10.2. The summed E-state index contributed by atoms with van der Waals surface area (Å²) in [5.41, 5.74) is 6.37. The minimum absolute atomic E-state index is 0.0511. The molecular formula is C10H10N2OS. The smallest absolute Gasteiger partial charge is 0.261 e. The van der Waals surface area contributed by atoms with E-state index in [1.165, 1.54) is 11.3 Å².